The molecule has 0 spiro atoms. The Morgan fingerprint density at radius 2 is 1.92 bits per heavy atom. The zero-order valence-electron chi connectivity index (χ0n) is 15.3. The summed E-state index contributed by atoms with van der Waals surface area (Å²) in [6.07, 6.45) is 0.694. The highest BCUT2D eigenvalue weighted by molar-refractivity contribution is 6.02. The van der Waals surface area contributed by atoms with Crippen molar-refractivity contribution < 1.29 is 14.6 Å². The number of phenolic OH excluding ortho intramolecular Hbond substituents is 1. The Bertz CT molecular complexity index is 862. The van der Waals surface area contributed by atoms with E-state index >= 15 is 0 Å². The second-order valence-electron chi connectivity index (χ2n) is 7.39. The van der Waals surface area contributed by atoms with Crippen LogP contribution in [0.3, 0.4) is 0 Å². The quantitative estimate of drug-likeness (QED) is 0.876. The maximum atomic E-state index is 10.3. The number of phenols is 1. The van der Waals surface area contributed by atoms with Crippen LogP contribution < -0.4 is 14.8 Å². The van der Waals surface area contributed by atoms with Crippen molar-refractivity contribution in [2.45, 2.75) is 38.9 Å². The second-order valence-corrected chi connectivity index (χ2v) is 7.39. The molecule has 2 heterocycles. The van der Waals surface area contributed by atoms with Gasteiger partial charge in [-0.15, -0.1) is 0 Å². The van der Waals surface area contributed by atoms with Crippen LogP contribution in [-0.2, 0) is 0 Å². The third-order valence-electron chi connectivity index (χ3n) is 5.37. The maximum absolute atomic E-state index is 10.3. The van der Waals surface area contributed by atoms with E-state index in [4.69, 9.17) is 14.5 Å². The fourth-order valence-electron chi connectivity index (χ4n) is 3.48. The van der Waals surface area contributed by atoms with Crippen molar-refractivity contribution in [3.8, 4) is 17.2 Å². The number of nitrogens with one attached hydrogen (secondary N) is 1. The van der Waals surface area contributed by atoms with Crippen molar-refractivity contribution in [1.82, 2.24) is 5.32 Å². The minimum absolute atomic E-state index is 0.0125. The summed E-state index contributed by atoms with van der Waals surface area (Å²) in [5.41, 5.74) is 2.51. The van der Waals surface area contributed by atoms with Gasteiger partial charge < -0.3 is 14.6 Å². The fraction of sp³-hybridized carbons (Fsp3) is 0.381. The molecule has 2 atom stereocenters. The van der Waals surface area contributed by atoms with Gasteiger partial charge in [-0.3, -0.25) is 10.3 Å². The summed E-state index contributed by atoms with van der Waals surface area (Å²) < 4.78 is 10.9. The van der Waals surface area contributed by atoms with Gasteiger partial charge in [-0.2, -0.15) is 0 Å². The number of rotatable bonds is 3. The van der Waals surface area contributed by atoms with E-state index in [0.29, 0.717) is 18.1 Å². The molecule has 26 heavy (non-hydrogen) atoms. The zero-order valence-corrected chi connectivity index (χ0v) is 15.3. The minimum atomic E-state index is -0.420. The first kappa shape index (κ1) is 16.9. The lowest BCUT2D eigenvalue weighted by Crippen LogP contribution is -2.51. The lowest BCUT2D eigenvalue weighted by atomic mass is 9.88. The topological polar surface area (TPSA) is 63.1 Å². The largest absolute Gasteiger partial charge is 0.508 e. The lowest BCUT2D eigenvalue weighted by Gasteiger charge is -2.40. The molecule has 2 aromatic carbocycles. The van der Waals surface area contributed by atoms with Gasteiger partial charge in [0.2, 0.25) is 6.79 Å². The monoisotopic (exact) mass is 352 g/mol. The van der Waals surface area contributed by atoms with E-state index in [1.54, 1.807) is 6.07 Å². The van der Waals surface area contributed by atoms with Crippen LogP contribution in [0.2, 0.25) is 0 Å². The van der Waals surface area contributed by atoms with Crippen LogP contribution in [0.1, 0.15) is 44.4 Å². The summed E-state index contributed by atoms with van der Waals surface area (Å²) in [5.74, 6) is 2.13. The molecule has 0 radical (unpaired) electrons. The van der Waals surface area contributed by atoms with Crippen molar-refractivity contribution in [2.75, 3.05) is 6.79 Å². The highest BCUT2D eigenvalue weighted by Gasteiger charge is 2.36. The third-order valence-corrected chi connectivity index (χ3v) is 5.37. The predicted octanol–water partition coefficient (Wildman–Crippen LogP) is 4.02. The van der Waals surface area contributed by atoms with Crippen molar-refractivity contribution >= 4 is 5.71 Å². The molecule has 5 heteroatoms. The molecule has 5 nitrogen and oxygen atoms in total. The molecule has 2 aliphatic rings. The first-order valence-corrected chi connectivity index (χ1v) is 9.00. The van der Waals surface area contributed by atoms with Crippen LogP contribution in [0.4, 0.5) is 0 Å². The number of para-hydroxylation sites is 1. The van der Waals surface area contributed by atoms with E-state index in [9.17, 15) is 5.11 Å². The molecule has 2 N–H and O–H groups in total. The van der Waals surface area contributed by atoms with Crippen LogP contribution in [0.25, 0.3) is 0 Å². The molecule has 0 saturated heterocycles. The molecule has 2 aliphatic heterocycles. The number of fused-ring (bicyclic) bond motifs is 1. The molecule has 4 rings (SSSR count). The number of aromatic hydroxyl groups is 1. The maximum Gasteiger partial charge on any atom is 0.231 e. The van der Waals surface area contributed by atoms with E-state index in [2.05, 4.69) is 26.1 Å². The Hall–Kier alpha value is -2.53. The molecule has 2 unspecified atom stereocenters. The predicted molar refractivity (Wildman–Crippen MR) is 101 cm³/mol. The van der Waals surface area contributed by atoms with Crippen molar-refractivity contribution in [3.05, 3.63) is 53.6 Å². The summed E-state index contributed by atoms with van der Waals surface area (Å²) >= 11 is 0. The molecular formula is C21H24N2O3. The van der Waals surface area contributed by atoms with Crippen LogP contribution in [-0.4, -0.2) is 23.3 Å². The number of hydrogen-bond donors (Lipinski definition) is 2. The van der Waals surface area contributed by atoms with Gasteiger partial charge in [-0.25, -0.2) is 0 Å². The Morgan fingerprint density at radius 1 is 1.15 bits per heavy atom. The Balaban J connectivity index is 1.75. The fourth-order valence-corrected chi connectivity index (χ4v) is 3.48. The molecule has 0 amide bonds. The minimum Gasteiger partial charge on any atom is -0.508 e. The highest BCUT2D eigenvalue weighted by atomic mass is 16.7. The average Bonchev–Trinajstić information content (AvgIpc) is 3.09. The number of hydrogen-bond acceptors (Lipinski definition) is 5. The molecule has 0 aliphatic carbocycles. The standard InChI is InChI=1S/C21H24N2O3/c1-13(2)21(3)22-16(14-8-9-19-20(10-14)26-12-25-19)11-17(23-21)15-6-4-5-7-18(15)24/h4-10,13,17,23-24H,11-12H2,1-3H3. The van der Waals surface area contributed by atoms with Gasteiger partial charge in [0.05, 0.1) is 0 Å². The Kier molecular flexibility index (Phi) is 4.11. The Morgan fingerprint density at radius 3 is 2.69 bits per heavy atom. The first-order chi connectivity index (χ1) is 12.5. The van der Waals surface area contributed by atoms with Crippen molar-refractivity contribution in [1.29, 1.82) is 0 Å². The third kappa shape index (κ3) is 2.92. The van der Waals surface area contributed by atoms with Gasteiger partial charge in [-0.1, -0.05) is 32.0 Å². The number of nitrogens with zero attached hydrogens (tertiary/aromatic N) is 1. The summed E-state index contributed by atoms with van der Waals surface area (Å²) in [6, 6.07) is 13.4. The molecule has 0 bridgehead atoms. The zero-order chi connectivity index (χ0) is 18.3. The number of aliphatic imine (C=N–C) groups is 1. The smallest absolute Gasteiger partial charge is 0.231 e. The lowest BCUT2D eigenvalue weighted by molar-refractivity contribution is 0.174. The SMILES string of the molecule is CC(C)C1(C)N=C(c2ccc3c(c2)OCO3)CC(c2ccccc2O)N1. The second kappa shape index (κ2) is 6.32. The molecular weight excluding hydrogens is 328 g/mol. The van der Waals surface area contributed by atoms with Gasteiger partial charge in [0.15, 0.2) is 11.5 Å². The summed E-state index contributed by atoms with van der Waals surface area (Å²) in [5, 5.41) is 14.0. The normalized spacial score (nSPS) is 24.6. The van der Waals surface area contributed by atoms with Crippen LogP contribution in [0.15, 0.2) is 47.5 Å². The molecule has 2 aromatic rings. The van der Waals surface area contributed by atoms with Gasteiger partial charge in [-0.05, 0) is 42.7 Å². The summed E-state index contributed by atoms with van der Waals surface area (Å²) in [6.45, 7) is 6.68. The molecule has 0 aromatic heterocycles. The van der Waals surface area contributed by atoms with E-state index in [-0.39, 0.29) is 12.8 Å². The summed E-state index contributed by atoms with van der Waals surface area (Å²) in [7, 11) is 0. The van der Waals surface area contributed by atoms with Gasteiger partial charge >= 0.3 is 0 Å². The van der Waals surface area contributed by atoms with E-state index in [1.165, 1.54) is 0 Å². The first-order valence-electron chi connectivity index (χ1n) is 9.00. The van der Waals surface area contributed by atoms with Crippen LogP contribution in [0.5, 0.6) is 17.2 Å². The van der Waals surface area contributed by atoms with Gasteiger partial charge in [0, 0.05) is 23.7 Å². The highest BCUT2D eigenvalue weighted by Crippen LogP contribution is 2.38. The van der Waals surface area contributed by atoms with Gasteiger partial charge in [0.1, 0.15) is 11.4 Å². The Labute approximate surface area is 153 Å². The number of benzene rings is 2. The molecule has 0 fully saturated rings. The summed E-state index contributed by atoms with van der Waals surface area (Å²) in [4.78, 5) is 5.04. The van der Waals surface area contributed by atoms with Crippen molar-refractivity contribution in [3.63, 3.8) is 0 Å². The van der Waals surface area contributed by atoms with E-state index in [1.807, 2.05) is 36.4 Å². The average molecular weight is 352 g/mol. The molecule has 136 valence electrons. The molecule has 0 saturated carbocycles. The van der Waals surface area contributed by atoms with E-state index < -0.39 is 5.66 Å². The van der Waals surface area contributed by atoms with E-state index in [0.717, 1.165) is 28.3 Å². The van der Waals surface area contributed by atoms with Crippen LogP contribution in [0, 0.1) is 5.92 Å². The number of ether oxygens (including phenoxy) is 2. The van der Waals surface area contributed by atoms with Crippen LogP contribution >= 0.6 is 0 Å². The van der Waals surface area contributed by atoms with Crippen molar-refractivity contribution in [2.24, 2.45) is 10.9 Å². The van der Waals surface area contributed by atoms with Gasteiger partial charge in [0.25, 0.3) is 0 Å².